The lowest BCUT2D eigenvalue weighted by atomic mass is 9.85. The van der Waals surface area contributed by atoms with Crippen LogP contribution in [0.2, 0.25) is 0 Å². The van der Waals surface area contributed by atoms with E-state index in [4.69, 9.17) is 0 Å². The van der Waals surface area contributed by atoms with Crippen LogP contribution < -0.4 is 0 Å². The lowest BCUT2D eigenvalue weighted by Gasteiger charge is -2.40. The summed E-state index contributed by atoms with van der Waals surface area (Å²) in [7, 11) is 0. The van der Waals surface area contributed by atoms with Gasteiger partial charge in [0.15, 0.2) is 0 Å². The zero-order valence-corrected chi connectivity index (χ0v) is 17.1. The molecule has 1 aliphatic heterocycles. The van der Waals surface area contributed by atoms with Gasteiger partial charge in [-0.3, -0.25) is 0 Å². The Kier molecular flexibility index (Phi) is 6.62. The lowest BCUT2D eigenvalue weighted by Crippen LogP contribution is -2.32. The first-order valence-electron chi connectivity index (χ1n) is 10.9. The first kappa shape index (κ1) is 19.3. The molecule has 2 aliphatic carbocycles. The zero-order chi connectivity index (χ0) is 18.5. The maximum Gasteiger partial charge on any atom is 0.0447 e. The summed E-state index contributed by atoms with van der Waals surface area (Å²) in [4.78, 5) is 2.60. The third-order valence-corrected chi connectivity index (χ3v) is 6.24. The van der Waals surface area contributed by atoms with Crippen LogP contribution >= 0.6 is 0 Å². The van der Waals surface area contributed by atoms with E-state index in [1.54, 1.807) is 0 Å². The second kappa shape index (κ2) is 8.93. The van der Waals surface area contributed by atoms with Gasteiger partial charge in [0, 0.05) is 23.5 Å². The fraction of sp³-hybridized carbons (Fsp3) is 0.600. The molecule has 3 aliphatic rings. The fourth-order valence-corrected chi connectivity index (χ4v) is 4.32. The third kappa shape index (κ3) is 4.42. The predicted octanol–water partition coefficient (Wildman–Crippen LogP) is 7.45. The van der Waals surface area contributed by atoms with Crippen molar-refractivity contribution in [3.63, 3.8) is 0 Å². The molecular weight excluding hydrogens is 314 g/mol. The highest BCUT2D eigenvalue weighted by atomic mass is 15.2. The van der Waals surface area contributed by atoms with E-state index in [0.29, 0.717) is 0 Å². The summed E-state index contributed by atoms with van der Waals surface area (Å²) in [5, 5.41) is 0. The molecule has 0 N–H and O–H groups in total. The zero-order valence-electron chi connectivity index (χ0n) is 17.1. The van der Waals surface area contributed by atoms with E-state index in [1.807, 2.05) is 0 Å². The van der Waals surface area contributed by atoms with Gasteiger partial charge in [-0.15, -0.1) is 0 Å². The van der Waals surface area contributed by atoms with Crippen LogP contribution in [0.5, 0.6) is 0 Å². The van der Waals surface area contributed by atoms with E-state index in [2.05, 4.69) is 44.1 Å². The average Bonchev–Trinajstić information content (AvgIpc) is 3.49. The molecule has 0 bridgehead atoms. The molecule has 1 heterocycles. The van der Waals surface area contributed by atoms with Gasteiger partial charge in [-0.25, -0.2) is 0 Å². The van der Waals surface area contributed by atoms with Crippen LogP contribution in [0.3, 0.4) is 0 Å². The van der Waals surface area contributed by atoms with Gasteiger partial charge >= 0.3 is 0 Å². The largest absolute Gasteiger partial charge is 0.340 e. The molecule has 0 amide bonds. The van der Waals surface area contributed by atoms with Gasteiger partial charge in [-0.05, 0) is 62.5 Å². The monoisotopic (exact) mass is 351 g/mol. The third-order valence-electron chi connectivity index (χ3n) is 6.24. The van der Waals surface area contributed by atoms with Crippen molar-refractivity contribution in [2.75, 3.05) is 6.54 Å². The van der Waals surface area contributed by atoms with Gasteiger partial charge in [0.05, 0.1) is 0 Å². The summed E-state index contributed by atoms with van der Waals surface area (Å²) in [6.07, 6.45) is 19.1. The van der Waals surface area contributed by atoms with Gasteiger partial charge in [0.2, 0.25) is 0 Å². The highest BCUT2D eigenvalue weighted by molar-refractivity contribution is 5.60. The summed E-state index contributed by atoms with van der Waals surface area (Å²) in [5.41, 5.74) is 8.39. The topological polar surface area (TPSA) is 3.24 Å². The Morgan fingerprint density at radius 3 is 2.50 bits per heavy atom. The smallest absolute Gasteiger partial charge is 0.0447 e. The SMILES string of the molecule is C=C1C2=CCCC=C2N(CC(=C)C2CC2)C(CCCCCCCC)=C1C. The van der Waals surface area contributed by atoms with Crippen molar-refractivity contribution in [3.8, 4) is 0 Å². The quantitative estimate of drug-likeness (QED) is 0.292. The van der Waals surface area contributed by atoms with Crippen LogP contribution in [-0.4, -0.2) is 11.4 Å². The van der Waals surface area contributed by atoms with Crippen LogP contribution in [0.15, 0.2) is 59.0 Å². The average molecular weight is 352 g/mol. The Morgan fingerprint density at radius 1 is 1.08 bits per heavy atom. The van der Waals surface area contributed by atoms with E-state index in [0.717, 1.165) is 25.3 Å². The number of rotatable bonds is 10. The molecule has 1 nitrogen and oxygen atoms in total. The van der Waals surface area contributed by atoms with Crippen LogP contribution in [0.4, 0.5) is 0 Å². The highest BCUT2D eigenvalue weighted by Gasteiger charge is 2.32. The van der Waals surface area contributed by atoms with Crippen molar-refractivity contribution >= 4 is 0 Å². The number of unbranched alkanes of at least 4 members (excludes halogenated alkanes) is 5. The maximum atomic E-state index is 4.44. The molecule has 26 heavy (non-hydrogen) atoms. The summed E-state index contributed by atoms with van der Waals surface area (Å²) in [6.45, 7) is 14.4. The van der Waals surface area contributed by atoms with Crippen LogP contribution in [-0.2, 0) is 0 Å². The number of hydrogen-bond acceptors (Lipinski definition) is 1. The molecule has 0 aromatic rings. The van der Waals surface area contributed by atoms with Crippen molar-refractivity contribution in [2.24, 2.45) is 5.92 Å². The molecule has 3 rings (SSSR count). The van der Waals surface area contributed by atoms with Gasteiger partial charge in [0.1, 0.15) is 0 Å². The standard InChI is InChI=1S/C25H37N/c1-5-6-7-8-9-10-14-24-21(4)20(3)23-13-11-12-15-25(23)26(24)18-19(2)22-16-17-22/h13,15,22H,2-3,5-12,14,16-18H2,1,4H3. The summed E-state index contributed by atoms with van der Waals surface area (Å²) < 4.78 is 0. The Balaban J connectivity index is 1.73. The number of fused-ring (bicyclic) bond motifs is 1. The Hall–Kier alpha value is -1.50. The van der Waals surface area contributed by atoms with Crippen molar-refractivity contribution in [1.82, 2.24) is 4.90 Å². The second-order valence-electron chi connectivity index (χ2n) is 8.37. The Bertz CT molecular complexity index is 639. The molecule has 1 fully saturated rings. The van der Waals surface area contributed by atoms with Crippen LogP contribution in [0.25, 0.3) is 0 Å². The van der Waals surface area contributed by atoms with E-state index < -0.39 is 0 Å². The second-order valence-corrected chi connectivity index (χ2v) is 8.37. The maximum absolute atomic E-state index is 4.44. The van der Waals surface area contributed by atoms with E-state index in [-0.39, 0.29) is 0 Å². The molecule has 1 saturated carbocycles. The van der Waals surface area contributed by atoms with Gasteiger partial charge < -0.3 is 4.90 Å². The lowest BCUT2D eigenvalue weighted by molar-refractivity contribution is 0.418. The minimum atomic E-state index is 0.771. The summed E-state index contributed by atoms with van der Waals surface area (Å²) >= 11 is 0. The Labute approximate surface area is 161 Å². The van der Waals surface area contributed by atoms with E-state index in [9.17, 15) is 0 Å². The van der Waals surface area contributed by atoms with Crippen LogP contribution in [0.1, 0.15) is 84.5 Å². The molecule has 0 atom stereocenters. The number of nitrogens with zero attached hydrogens (tertiary/aromatic N) is 1. The molecule has 142 valence electrons. The predicted molar refractivity (Wildman–Crippen MR) is 114 cm³/mol. The molecule has 0 aromatic heterocycles. The molecule has 0 saturated heterocycles. The van der Waals surface area contributed by atoms with E-state index in [1.165, 1.54) is 91.5 Å². The van der Waals surface area contributed by atoms with Crippen LogP contribution in [0, 0.1) is 5.92 Å². The first-order valence-corrected chi connectivity index (χ1v) is 10.9. The molecule has 0 unspecified atom stereocenters. The number of allylic oxidation sites excluding steroid dienone is 5. The fourth-order valence-electron chi connectivity index (χ4n) is 4.32. The summed E-state index contributed by atoms with van der Waals surface area (Å²) in [6, 6.07) is 0. The molecule has 0 aromatic carbocycles. The van der Waals surface area contributed by atoms with Gasteiger partial charge in [0.25, 0.3) is 0 Å². The van der Waals surface area contributed by atoms with Crippen molar-refractivity contribution in [2.45, 2.75) is 84.5 Å². The van der Waals surface area contributed by atoms with Crippen molar-refractivity contribution in [1.29, 1.82) is 0 Å². The summed E-state index contributed by atoms with van der Waals surface area (Å²) in [5.74, 6) is 0.771. The minimum Gasteiger partial charge on any atom is -0.340 e. The number of hydrogen-bond donors (Lipinski definition) is 0. The van der Waals surface area contributed by atoms with E-state index >= 15 is 0 Å². The normalized spacial score (nSPS) is 20.1. The molecule has 0 spiro atoms. The molecule has 1 heteroatoms. The van der Waals surface area contributed by atoms with Gasteiger partial charge in [-0.2, -0.15) is 0 Å². The Morgan fingerprint density at radius 2 is 1.77 bits per heavy atom. The first-order chi connectivity index (χ1) is 12.6. The highest BCUT2D eigenvalue weighted by Crippen LogP contribution is 2.43. The molecule has 0 radical (unpaired) electrons. The molecular formula is C25H37N. The van der Waals surface area contributed by atoms with Gasteiger partial charge in [-0.1, -0.05) is 69.9 Å². The minimum absolute atomic E-state index is 0.771. The van der Waals surface area contributed by atoms with Crippen molar-refractivity contribution in [3.05, 3.63) is 59.0 Å². The van der Waals surface area contributed by atoms with Crippen molar-refractivity contribution < 1.29 is 0 Å².